The third-order valence-corrected chi connectivity index (χ3v) is 6.24. The lowest BCUT2D eigenvalue weighted by Crippen LogP contribution is -2.41. The Balaban J connectivity index is 2.15. The monoisotopic (exact) mass is 311 g/mol. The van der Waals surface area contributed by atoms with Gasteiger partial charge < -0.3 is 5.11 Å². The van der Waals surface area contributed by atoms with Crippen LogP contribution in [0.5, 0.6) is 0 Å². The van der Waals surface area contributed by atoms with Crippen LogP contribution < -0.4 is 4.72 Å². The van der Waals surface area contributed by atoms with Gasteiger partial charge in [-0.05, 0) is 54.4 Å². The summed E-state index contributed by atoms with van der Waals surface area (Å²) < 4.78 is 27.6. The van der Waals surface area contributed by atoms with E-state index in [0.29, 0.717) is 12.1 Å². The van der Waals surface area contributed by atoms with E-state index in [-0.39, 0.29) is 16.9 Å². The Morgan fingerprint density at radius 1 is 1.24 bits per heavy atom. The molecule has 21 heavy (non-hydrogen) atoms. The van der Waals surface area contributed by atoms with Crippen LogP contribution in [-0.2, 0) is 23.1 Å². The SMILES string of the molecule is CCc1ccc(S(=O)(=O)NCC2(CC)CCC2)cc1CO. The number of aryl methyl sites for hydroxylation is 1. The minimum absolute atomic E-state index is 0.134. The number of rotatable bonds is 7. The molecule has 1 aromatic carbocycles. The zero-order valence-electron chi connectivity index (χ0n) is 12.9. The number of sulfonamides is 1. The maximum atomic E-state index is 12.4. The molecule has 0 bridgehead atoms. The molecule has 0 amide bonds. The van der Waals surface area contributed by atoms with Crippen LogP contribution in [0.2, 0.25) is 0 Å². The normalized spacial score (nSPS) is 17.5. The molecule has 5 heteroatoms. The molecule has 0 unspecified atom stereocenters. The lowest BCUT2D eigenvalue weighted by atomic mass is 9.67. The minimum Gasteiger partial charge on any atom is -0.392 e. The molecule has 0 aromatic heterocycles. The molecule has 0 heterocycles. The highest BCUT2D eigenvalue weighted by atomic mass is 32.2. The molecule has 1 aliphatic carbocycles. The third kappa shape index (κ3) is 3.47. The second kappa shape index (κ2) is 6.46. The largest absolute Gasteiger partial charge is 0.392 e. The average molecular weight is 311 g/mol. The van der Waals surface area contributed by atoms with Crippen molar-refractivity contribution < 1.29 is 13.5 Å². The zero-order chi connectivity index (χ0) is 15.5. The van der Waals surface area contributed by atoms with Gasteiger partial charge in [-0.1, -0.05) is 26.3 Å². The van der Waals surface area contributed by atoms with Crippen LogP contribution in [0.25, 0.3) is 0 Å². The van der Waals surface area contributed by atoms with E-state index in [2.05, 4.69) is 11.6 Å². The van der Waals surface area contributed by atoms with Crippen LogP contribution in [0.4, 0.5) is 0 Å². The highest BCUT2D eigenvalue weighted by Gasteiger charge is 2.36. The fourth-order valence-electron chi connectivity index (χ4n) is 2.93. The Kier molecular flexibility index (Phi) is 5.07. The van der Waals surface area contributed by atoms with E-state index < -0.39 is 10.0 Å². The van der Waals surface area contributed by atoms with Gasteiger partial charge in [-0.3, -0.25) is 0 Å². The first kappa shape index (κ1) is 16.5. The lowest BCUT2D eigenvalue weighted by molar-refractivity contribution is 0.133. The molecular weight excluding hydrogens is 286 g/mol. The Morgan fingerprint density at radius 3 is 2.43 bits per heavy atom. The number of benzene rings is 1. The first-order valence-corrected chi connectivity index (χ1v) is 9.17. The van der Waals surface area contributed by atoms with Crippen molar-refractivity contribution in [2.75, 3.05) is 6.54 Å². The van der Waals surface area contributed by atoms with Crippen molar-refractivity contribution in [1.29, 1.82) is 0 Å². The third-order valence-electron chi connectivity index (χ3n) is 4.84. The van der Waals surface area contributed by atoms with Crippen molar-refractivity contribution in [3.63, 3.8) is 0 Å². The number of nitrogens with one attached hydrogen (secondary N) is 1. The van der Waals surface area contributed by atoms with Gasteiger partial charge in [0, 0.05) is 6.54 Å². The molecule has 0 spiro atoms. The summed E-state index contributed by atoms with van der Waals surface area (Å²) >= 11 is 0. The number of hydrogen-bond donors (Lipinski definition) is 2. The van der Waals surface area contributed by atoms with Crippen LogP contribution in [0.3, 0.4) is 0 Å². The molecule has 1 fully saturated rings. The summed E-state index contributed by atoms with van der Waals surface area (Å²) in [6.07, 6.45) is 5.18. The van der Waals surface area contributed by atoms with Crippen molar-refractivity contribution >= 4 is 10.0 Å². The maximum absolute atomic E-state index is 12.4. The Bertz CT molecular complexity index is 586. The number of aliphatic hydroxyl groups is 1. The summed E-state index contributed by atoms with van der Waals surface area (Å²) in [5, 5.41) is 9.37. The summed E-state index contributed by atoms with van der Waals surface area (Å²) in [5.41, 5.74) is 1.82. The fraction of sp³-hybridized carbons (Fsp3) is 0.625. The van der Waals surface area contributed by atoms with Crippen LogP contribution in [0.1, 0.15) is 50.7 Å². The van der Waals surface area contributed by atoms with Gasteiger partial charge in [0.05, 0.1) is 11.5 Å². The molecule has 0 atom stereocenters. The fourth-order valence-corrected chi connectivity index (χ4v) is 4.13. The van der Waals surface area contributed by atoms with Crippen molar-refractivity contribution in [3.05, 3.63) is 29.3 Å². The molecule has 2 N–H and O–H groups in total. The van der Waals surface area contributed by atoms with E-state index in [1.165, 1.54) is 6.42 Å². The maximum Gasteiger partial charge on any atom is 0.240 e. The van der Waals surface area contributed by atoms with E-state index in [4.69, 9.17) is 0 Å². The predicted molar refractivity (Wildman–Crippen MR) is 83.5 cm³/mol. The quantitative estimate of drug-likeness (QED) is 0.813. The zero-order valence-corrected chi connectivity index (χ0v) is 13.7. The van der Waals surface area contributed by atoms with E-state index in [1.54, 1.807) is 18.2 Å². The van der Waals surface area contributed by atoms with Crippen LogP contribution >= 0.6 is 0 Å². The Morgan fingerprint density at radius 2 is 1.95 bits per heavy atom. The van der Waals surface area contributed by atoms with Gasteiger partial charge in [-0.2, -0.15) is 0 Å². The topological polar surface area (TPSA) is 66.4 Å². The van der Waals surface area contributed by atoms with Crippen LogP contribution in [-0.4, -0.2) is 20.1 Å². The van der Waals surface area contributed by atoms with Crippen LogP contribution in [0, 0.1) is 5.41 Å². The second-order valence-corrected chi connectivity index (χ2v) is 7.74. The second-order valence-electron chi connectivity index (χ2n) is 5.97. The van der Waals surface area contributed by atoms with E-state index in [1.807, 2.05) is 6.92 Å². The predicted octanol–water partition coefficient (Wildman–Crippen LogP) is 2.60. The van der Waals surface area contributed by atoms with Gasteiger partial charge >= 0.3 is 0 Å². The molecular formula is C16H25NO3S. The molecule has 1 aromatic rings. The van der Waals surface area contributed by atoms with Gasteiger partial charge in [0.15, 0.2) is 0 Å². The van der Waals surface area contributed by atoms with Gasteiger partial charge in [0.25, 0.3) is 0 Å². The molecule has 1 saturated carbocycles. The molecule has 118 valence electrons. The molecule has 4 nitrogen and oxygen atoms in total. The highest BCUT2D eigenvalue weighted by Crippen LogP contribution is 2.43. The standard InChI is InChI=1S/C16H25NO3S/c1-3-13-6-7-15(10-14(13)11-18)21(19,20)17-12-16(4-2)8-5-9-16/h6-7,10,17-18H,3-5,8-9,11-12H2,1-2H3. The average Bonchev–Trinajstić information content (AvgIpc) is 2.45. The summed E-state index contributed by atoms with van der Waals surface area (Å²) in [7, 11) is -3.50. The highest BCUT2D eigenvalue weighted by molar-refractivity contribution is 7.89. The number of aliphatic hydroxyl groups excluding tert-OH is 1. The Labute approximate surface area is 127 Å². The molecule has 2 rings (SSSR count). The van der Waals surface area contributed by atoms with Crippen molar-refractivity contribution in [1.82, 2.24) is 4.72 Å². The summed E-state index contributed by atoms with van der Waals surface area (Å²) in [6.45, 7) is 4.48. The van der Waals surface area contributed by atoms with Gasteiger partial charge in [-0.15, -0.1) is 0 Å². The molecule has 0 radical (unpaired) electrons. The van der Waals surface area contributed by atoms with E-state index in [0.717, 1.165) is 31.2 Å². The van der Waals surface area contributed by atoms with E-state index in [9.17, 15) is 13.5 Å². The van der Waals surface area contributed by atoms with Gasteiger partial charge in [0.1, 0.15) is 0 Å². The Hall–Kier alpha value is -0.910. The minimum atomic E-state index is -3.50. The first-order chi connectivity index (χ1) is 9.96. The molecule has 1 aliphatic rings. The van der Waals surface area contributed by atoms with Gasteiger partial charge in [-0.25, -0.2) is 13.1 Å². The summed E-state index contributed by atoms with van der Waals surface area (Å²) in [4.78, 5) is 0.245. The van der Waals surface area contributed by atoms with E-state index >= 15 is 0 Å². The lowest BCUT2D eigenvalue weighted by Gasteiger charge is -2.41. The smallest absolute Gasteiger partial charge is 0.240 e. The summed E-state index contributed by atoms with van der Waals surface area (Å²) in [6, 6.07) is 5.00. The first-order valence-electron chi connectivity index (χ1n) is 7.68. The van der Waals surface area contributed by atoms with Crippen molar-refractivity contribution in [2.24, 2.45) is 5.41 Å². The summed E-state index contributed by atoms with van der Waals surface area (Å²) in [5.74, 6) is 0. The van der Waals surface area contributed by atoms with Crippen molar-refractivity contribution in [2.45, 2.75) is 57.5 Å². The molecule has 0 aliphatic heterocycles. The van der Waals surface area contributed by atoms with Gasteiger partial charge in [0.2, 0.25) is 10.0 Å². The van der Waals surface area contributed by atoms with Crippen molar-refractivity contribution in [3.8, 4) is 0 Å². The number of hydrogen-bond acceptors (Lipinski definition) is 3. The van der Waals surface area contributed by atoms with Crippen LogP contribution in [0.15, 0.2) is 23.1 Å². The molecule has 0 saturated heterocycles.